The monoisotopic (exact) mass is 347 g/mol. The summed E-state index contributed by atoms with van der Waals surface area (Å²) >= 11 is 0. The molecule has 0 saturated heterocycles. The molecule has 0 radical (unpaired) electrons. The highest BCUT2D eigenvalue weighted by Crippen LogP contribution is 2.25. The Bertz CT molecular complexity index is 989. The van der Waals surface area contributed by atoms with Crippen LogP contribution in [0.4, 0.5) is 0 Å². The first-order valence-corrected chi connectivity index (χ1v) is 9.07. The van der Waals surface area contributed by atoms with Gasteiger partial charge in [-0.2, -0.15) is 4.98 Å². The zero-order valence-electron chi connectivity index (χ0n) is 14.5. The maximum atomic E-state index is 12.7. The molecule has 0 aliphatic heterocycles. The molecule has 1 fully saturated rings. The van der Waals surface area contributed by atoms with Crippen molar-refractivity contribution in [3.8, 4) is 11.3 Å². The van der Waals surface area contributed by atoms with Gasteiger partial charge in [-0.3, -0.25) is 9.36 Å². The average Bonchev–Trinajstić information content (AvgIpc) is 3.17. The third-order valence-electron chi connectivity index (χ3n) is 4.96. The Morgan fingerprint density at radius 2 is 1.73 bits per heavy atom. The molecule has 0 unspecified atom stereocenters. The fourth-order valence-electron chi connectivity index (χ4n) is 3.68. The number of rotatable bonds is 4. The number of hydrogen-bond donors (Lipinski definition) is 1. The topological polar surface area (TPSA) is 64.0 Å². The van der Waals surface area contributed by atoms with E-state index >= 15 is 0 Å². The van der Waals surface area contributed by atoms with E-state index in [-0.39, 0.29) is 18.5 Å². The molecule has 2 aromatic carbocycles. The van der Waals surface area contributed by atoms with Crippen molar-refractivity contribution in [3.05, 3.63) is 65.1 Å². The molecule has 1 saturated carbocycles. The number of fused-ring (bicyclic) bond motifs is 1. The van der Waals surface area contributed by atoms with Gasteiger partial charge >= 0.3 is 5.69 Å². The number of carbonyl (C=O) groups excluding carboxylic acids is 1. The van der Waals surface area contributed by atoms with Crippen molar-refractivity contribution >= 4 is 16.8 Å². The van der Waals surface area contributed by atoms with Gasteiger partial charge in [-0.25, -0.2) is 4.79 Å². The van der Waals surface area contributed by atoms with E-state index in [1.54, 1.807) is 0 Å². The highest BCUT2D eigenvalue weighted by molar-refractivity contribution is 5.93. The molecule has 1 aromatic heterocycles. The molecule has 0 atom stereocenters. The molecule has 26 heavy (non-hydrogen) atoms. The Morgan fingerprint density at radius 1 is 1.04 bits per heavy atom. The fraction of sp³-hybridized carbons (Fsp3) is 0.286. The zero-order chi connectivity index (χ0) is 17.9. The fourth-order valence-corrected chi connectivity index (χ4v) is 3.68. The van der Waals surface area contributed by atoms with E-state index in [9.17, 15) is 9.59 Å². The van der Waals surface area contributed by atoms with Crippen LogP contribution in [0, 0.1) is 0 Å². The van der Waals surface area contributed by atoms with Crippen LogP contribution >= 0.6 is 0 Å². The molecule has 1 heterocycles. The van der Waals surface area contributed by atoms with Crippen LogP contribution < -0.4 is 11.0 Å². The first kappa shape index (κ1) is 16.5. The number of aromatic nitrogens is 2. The van der Waals surface area contributed by atoms with Crippen LogP contribution in [0.25, 0.3) is 22.2 Å². The second-order valence-corrected chi connectivity index (χ2v) is 6.76. The molecule has 1 N–H and O–H groups in total. The third-order valence-corrected chi connectivity index (χ3v) is 4.96. The number of hydrogen-bond acceptors (Lipinski definition) is 3. The summed E-state index contributed by atoms with van der Waals surface area (Å²) in [7, 11) is 0. The van der Waals surface area contributed by atoms with Crippen molar-refractivity contribution in [3.63, 3.8) is 0 Å². The van der Waals surface area contributed by atoms with Gasteiger partial charge in [0.25, 0.3) is 0 Å². The lowest BCUT2D eigenvalue weighted by molar-refractivity contribution is -0.122. The van der Waals surface area contributed by atoms with Crippen LogP contribution in [0.2, 0.25) is 0 Å². The van der Waals surface area contributed by atoms with E-state index in [1.165, 1.54) is 4.57 Å². The van der Waals surface area contributed by atoms with Gasteiger partial charge in [-0.15, -0.1) is 0 Å². The van der Waals surface area contributed by atoms with Crippen LogP contribution in [0.1, 0.15) is 25.7 Å². The Balaban J connectivity index is 1.73. The van der Waals surface area contributed by atoms with Crippen LogP contribution in [-0.2, 0) is 11.3 Å². The minimum Gasteiger partial charge on any atom is -0.352 e. The molecule has 1 amide bonds. The van der Waals surface area contributed by atoms with Gasteiger partial charge < -0.3 is 5.32 Å². The number of carbonyl (C=O) groups is 1. The van der Waals surface area contributed by atoms with Crippen molar-refractivity contribution in [1.29, 1.82) is 0 Å². The molecular formula is C21H21N3O2. The van der Waals surface area contributed by atoms with Gasteiger partial charge in [0.15, 0.2) is 0 Å². The summed E-state index contributed by atoms with van der Waals surface area (Å²) in [5, 5.41) is 3.91. The largest absolute Gasteiger partial charge is 0.352 e. The third kappa shape index (κ3) is 3.25. The molecule has 5 heteroatoms. The average molecular weight is 347 g/mol. The smallest absolute Gasteiger partial charge is 0.349 e. The standard InChI is InChI=1S/C21H21N3O2/c25-19(22-16-10-4-5-11-16)14-24-18-13-7-6-12-17(18)20(23-21(24)26)15-8-2-1-3-9-15/h1-3,6-9,12-13,16H,4-5,10-11,14H2,(H,22,25). The minimum absolute atomic E-state index is 0.00207. The maximum absolute atomic E-state index is 12.7. The molecule has 1 aliphatic carbocycles. The first-order chi connectivity index (χ1) is 12.7. The van der Waals surface area contributed by atoms with E-state index in [1.807, 2.05) is 54.6 Å². The van der Waals surface area contributed by atoms with Crippen molar-refractivity contribution in [2.75, 3.05) is 0 Å². The highest BCUT2D eigenvalue weighted by Gasteiger charge is 2.19. The molecule has 4 rings (SSSR count). The Hall–Kier alpha value is -2.95. The lowest BCUT2D eigenvalue weighted by atomic mass is 10.1. The Kier molecular flexibility index (Phi) is 4.52. The van der Waals surface area contributed by atoms with Crippen molar-refractivity contribution in [1.82, 2.24) is 14.9 Å². The van der Waals surface area contributed by atoms with Gasteiger partial charge in [0, 0.05) is 17.0 Å². The van der Waals surface area contributed by atoms with Crippen LogP contribution in [0.5, 0.6) is 0 Å². The summed E-state index contributed by atoms with van der Waals surface area (Å²) in [6, 6.07) is 17.5. The molecule has 1 aliphatic rings. The molecule has 0 bridgehead atoms. The van der Waals surface area contributed by atoms with Crippen LogP contribution in [0.15, 0.2) is 59.4 Å². The van der Waals surface area contributed by atoms with Gasteiger partial charge in [-0.1, -0.05) is 61.4 Å². The summed E-state index contributed by atoms with van der Waals surface area (Å²) < 4.78 is 1.46. The molecule has 5 nitrogen and oxygen atoms in total. The number of benzene rings is 2. The number of nitrogens with zero attached hydrogens (tertiary/aromatic N) is 2. The highest BCUT2D eigenvalue weighted by atomic mass is 16.2. The van der Waals surface area contributed by atoms with Crippen LogP contribution in [-0.4, -0.2) is 21.5 Å². The van der Waals surface area contributed by atoms with E-state index in [0.29, 0.717) is 5.69 Å². The normalized spacial score (nSPS) is 14.6. The molecular weight excluding hydrogens is 326 g/mol. The summed E-state index contributed by atoms with van der Waals surface area (Å²) in [4.78, 5) is 29.4. The van der Waals surface area contributed by atoms with Crippen molar-refractivity contribution < 1.29 is 4.79 Å². The van der Waals surface area contributed by atoms with Crippen LogP contribution in [0.3, 0.4) is 0 Å². The quantitative estimate of drug-likeness (QED) is 0.789. The summed E-state index contributed by atoms with van der Waals surface area (Å²) in [6.45, 7) is -0.00207. The summed E-state index contributed by atoms with van der Waals surface area (Å²) in [5.74, 6) is -0.126. The van der Waals surface area contributed by atoms with Crippen molar-refractivity contribution in [2.45, 2.75) is 38.3 Å². The molecule has 0 spiro atoms. The van der Waals surface area contributed by atoms with E-state index in [0.717, 1.165) is 42.1 Å². The minimum atomic E-state index is -0.399. The summed E-state index contributed by atoms with van der Waals surface area (Å²) in [5.41, 5.74) is 1.87. The lowest BCUT2D eigenvalue weighted by Crippen LogP contribution is -2.38. The SMILES string of the molecule is O=C(Cn1c(=O)nc(-c2ccccc2)c2ccccc21)NC1CCCC1. The predicted molar refractivity (Wildman–Crippen MR) is 102 cm³/mol. The molecule has 3 aromatic rings. The number of nitrogens with one attached hydrogen (secondary N) is 1. The van der Waals surface area contributed by atoms with Crippen molar-refractivity contribution in [2.24, 2.45) is 0 Å². The lowest BCUT2D eigenvalue weighted by Gasteiger charge is -2.15. The number of amides is 1. The maximum Gasteiger partial charge on any atom is 0.349 e. The second kappa shape index (κ2) is 7.12. The Morgan fingerprint density at radius 3 is 2.50 bits per heavy atom. The van der Waals surface area contributed by atoms with Gasteiger partial charge in [-0.05, 0) is 18.9 Å². The predicted octanol–water partition coefficient (Wildman–Crippen LogP) is 3.12. The number of para-hydroxylation sites is 1. The second-order valence-electron chi connectivity index (χ2n) is 6.76. The molecule has 132 valence electrons. The van der Waals surface area contributed by atoms with Gasteiger partial charge in [0.05, 0.1) is 11.2 Å². The summed E-state index contributed by atoms with van der Waals surface area (Å²) in [6.07, 6.45) is 4.35. The zero-order valence-corrected chi connectivity index (χ0v) is 14.5. The van der Waals surface area contributed by atoms with E-state index in [2.05, 4.69) is 10.3 Å². The van der Waals surface area contributed by atoms with E-state index < -0.39 is 5.69 Å². The Labute approximate surface area is 151 Å². The first-order valence-electron chi connectivity index (χ1n) is 9.07. The van der Waals surface area contributed by atoms with E-state index in [4.69, 9.17) is 0 Å². The van der Waals surface area contributed by atoms with Gasteiger partial charge in [0.1, 0.15) is 6.54 Å². The van der Waals surface area contributed by atoms with Gasteiger partial charge in [0.2, 0.25) is 5.91 Å².